The van der Waals surface area contributed by atoms with E-state index in [1.54, 1.807) is 0 Å². The summed E-state index contributed by atoms with van der Waals surface area (Å²) >= 11 is 0. The molecule has 128 valence electrons. The van der Waals surface area contributed by atoms with Crippen LogP contribution in [0.1, 0.15) is 5.56 Å². The Morgan fingerprint density at radius 1 is 1.16 bits per heavy atom. The summed E-state index contributed by atoms with van der Waals surface area (Å²) in [5.41, 5.74) is -0.602. The number of aromatic nitrogens is 5. The number of nitrogens with one attached hydrogen (secondary N) is 2. The van der Waals surface area contributed by atoms with Crippen LogP contribution in [0.5, 0.6) is 5.75 Å². The number of methoxy groups -OCH3 is 1. The van der Waals surface area contributed by atoms with Crippen LogP contribution < -0.4 is 10.4 Å². The highest BCUT2D eigenvalue weighted by atomic mass is 19.4. The predicted octanol–water partition coefficient (Wildman–Crippen LogP) is 2.59. The molecule has 0 saturated carbocycles. The van der Waals surface area contributed by atoms with Gasteiger partial charge in [-0.3, -0.25) is 0 Å². The van der Waals surface area contributed by atoms with Crippen molar-refractivity contribution in [1.82, 2.24) is 24.6 Å². The van der Waals surface area contributed by atoms with Crippen molar-refractivity contribution in [3.8, 4) is 16.9 Å². The monoisotopic (exact) mass is 349 g/mol. The van der Waals surface area contributed by atoms with Gasteiger partial charge in [0.15, 0.2) is 11.4 Å². The van der Waals surface area contributed by atoms with E-state index in [0.717, 1.165) is 6.07 Å². The van der Waals surface area contributed by atoms with Crippen LogP contribution >= 0.6 is 0 Å². The molecule has 25 heavy (non-hydrogen) atoms. The van der Waals surface area contributed by atoms with E-state index in [2.05, 4.69) is 20.1 Å². The van der Waals surface area contributed by atoms with Crippen LogP contribution in [0.25, 0.3) is 27.8 Å². The molecule has 7 nitrogen and oxygen atoms in total. The van der Waals surface area contributed by atoms with Gasteiger partial charge in [-0.2, -0.15) is 18.3 Å². The van der Waals surface area contributed by atoms with Gasteiger partial charge in [0.25, 0.3) is 0 Å². The number of aromatic amines is 2. The molecule has 0 amide bonds. The van der Waals surface area contributed by atoms with Crippen LogP contribution in [-0.4, -0.2) is 31.7 Å². The van der Waals surface area contributed by atoms with Gasteiger partial charge in [-0.05, 0) is 23.8 Å². The summed E-state index contributed by atoms with van der Waals surface area (Å²) in [6.07, 6.45) is -1.91. The van der Waals surface area contributed by atoms with Crippen LogP contribution in [0, 0.1) is 0 Å². The Kier molecular flexibility index (Phi) is 3.11. The molecule has 0 radical (unpaired) electrons. The summed E-state index contributed by atoms with van der Waals surface area (Å²) in [4.78, 5) is 20.2. The quantitative estimate of drug-likeness (QED) is 0.582. The second-order valence-electron chi connectivity index (χ2n) is 5.35. The average molecular weight is 349 g/mol. The maximum absolute atomic E-state index is 13.5. The van der Waals surface area contributed by atoms with E-state index < -0.39 is 17.4 Å². The van der Waals surface area contributed by atoms with E-state index in [0.29, 0.717) is 5.65 Å². The summed E-state index contributed by atoms with van der Waals surface area (Å²) in [6.45, 7) is 0. The van der Waals surface area contributed by atoms with E-state index in [4.69, 9.17) is 4.74 Å². The fourth-order valence-electron chi connectivity index (χ4n) is 2.75. The van der Waals surface area contributed by atoms with E-state index >= 15 is 0 Å². The Morgan fingerprint density at radius 2 is 1.88 bits per heavy atom. The molecule has 0 bridgehead atoms. The number of ether oxygens (including phenoxy) is 1. The van der Waals surface area contributed by atoms with Crippen LogP contribution in [0.2, 0.25) is 0 Å². The van der Waals surface area contributed by atoms with Gasteiger partial charge in [0.2, 0.25) is 0 Å². The topological polar surface area (TPSA) is 88.1 Å². The van der Waals surface area contributed by atoms with Crippen molar-refractivity contribution >= 4 is 16.7 Å². The van der Waals surface area contributed by atoms with E-state index in [9.17, 15) is 18.0 Å². The van der Waals surface area contributed by atoms with Crippen molar-refractivity contribution in [1.29, 1.82) is 0 Å². The molecule has 0 saturated heterocycles. The van der Waals surface area contributed by atoms with Crippen molar-refractivity contribution in [2.24, 2.45) is 0 Å². The molecule has 3 heterocycles. The van der Waals surface area contributed by atoms with E-state index in [-0.39, 0.29) is 27.9 Å². The molecule has 2 N–H and O–H groups in total. The highest BCUT2D eigenvalue weighted by molar-refractivity contribution is 5.85. The van der Waals surface area contributed by atoms with Crippen molar-refractivity contribution in [2.45, 2.75) is 6.18 Å². The fourth-order valence-corrected chi connectivity index (χ4v) is 2.75. The van der Waals surface area contributed by atoms with Gasteiger partial charge in [0.05, 0.1) is 23.7 Å². The molecule has 3 aromatic heterocycles. The number of pyridine rings is 1. The number of hydrogen-bond donors (Lipinski definition) is 2. The third kappa shape index (κ3) is 2.42. The van der Waals surface area contributed by atoms with Gasteiger partial charge in [0.1, 0.15) is 6.33 Å². The molecule has 1 aromatic carbocycles. The van der Waals surface area contributed by atoms with Gasteiger partial charge in [-0.15, -0.1) is 0 Å². The minimum Gasteiger partial charge on any atom is -0.493 e. The van der Waals surface area contributed by atoms with Crippen LogP contribution in [0.4, 0.5) is 13.2 Å². The number of H-pyrrole nitrogens is 2. The number of imidazole rings is 1. The Balaban J connectivity index is 2.06. The lowest BCUT2D eigenvalue weighted by atomic mass is 9.99. The van der Waals surface area contributed by atoms with Gasteiger partial charge in [-0.1, -0.05) is 0 Å². The molecule has 4 rings (SSSR count). The third-order valence-electron chi connectivity index (χ3n) is 3.83. The summed E-state index contributed by atoms with van der Waals surface area (Å²) in [6, 6.07) is 3.62. The summed E-state index contributed by atoms with van der Waals surface area (Å²) in [5.74, 6) is 0.283. The number of alkyl halides is 3. The zero-order valence-corrected chi connectivity index (χ0v) is 12.7. The number of nitrogens with zero attached hydrogens (tertiary/aromatic N) is 3. The Morgan fingerprint density at radius 3 is 2.56 bits per heavy atom. The lowest BCUT2D eigenvalue weighted by molar-refractivity contribution is -0.137. The smallest absolute Gasteiger partial charge is 0.417 e. The summed E-state index contributed by atoms with van der Waals surface area (Å²) < 4.78 is 47.1. The zero-order chi connectivity index (χ0) is 17.8. The number of rotatable bonds is 2. The Labute approximate surface area is 137 Å². The second-order valence-corrected chi connectivity index (χ2v) is 5.35. The standard InChI is InChI=1S/C15H10F3N5O2/c1-25-12-2-7(5-23-13(12)19-6-20-23)8-3-10-11(22-14(24)21-10)4-9(8)15(16,17)18/h2-6H,1H3,(H2,21,22,24). The third-order valence-corrected chi connectivity index (χ3v) is 3.83. The van der Waals surface area contributed by atoms with Crippen molar-refractivity contribution in [2.75, 3.05) is 7.11 Å². The lowest BCUT2D eigenvalue weighted by Crippen LogP contribution is -2.08. The second kappa shape index (κ2) is 5.10. The van der Waals surface area contributed by atoms with Gasteiger partial charge >= 0.3 is 11.9 Å². The molecule has 0 aliphatic rings. The van der Waals surface area contributed by atoms with E-state index in [1.165, 1.54) is 36.3 Å². The molecule has 0 unspecified atom stereocenters. The largest absolute Gasteiger partial charge is 0.493 e. The molecule has 10 heteroatoms. The fraction of sp³-hybridized carbons (Fsp3) is 0.133. The van der Waals surface area contributed by atoms with E-state index in [1.807, 2.05) is 0 Å². The lowest BCUT2D eigenvalue weighted by Gasteiger charge is -2.14. The molecule has 0 spiro atoms. The first-order valence-corrected chi connectivity index (χ1v) is 7.08. The van der Waals surface area contributed by atoms with Crippen molar-refractivity contribution in [3.63, 3.8) is 0 Å². The van der Waals surface area contributed by atoms with Crippen LogP contribution in [0.3, 0.4) is 0 Å². The maximum atomic E-state index is 13.5. The first-order valence-electron chi connectivity index (χ1n) is 7.08. The van der Waals surface area contributed by atoms with Crippen LogP contribution in [-0.2, 0) is 6.18 Å². The highest BCUT2D eigenvalue weighted by Crippen LogP contribution is 2.39. The molecular weight excluding hydrogens is 339 g/mol. The first kappa shape index (κ1) is 15.2. The Bertz CT molecular complexity index is 1160. The first-order chi connectivity index (χ1) is 11.9. The van der Waals surface area contributed by atoms with Gasteiger partial charge < -0.3 is 14.7 Å². The minimum atomic E-state index is -4.61. The zero-order valence-electron chi connectivity index (χ0n) is 12.7. The minimum absolute atomic E-state index is 0.0786. The van der Waals surface area contributed by atoms with Crippen molar-refractivity contribution in [3.05, 3.63) is 46.8 Å². The predicted molar refractivity (Wildman–Crippen MR) is 82.5 cm³/mol. The normalized spacial score (nSPS) is 12.2. The molecule has 0 fully saturated rings. The van der Waals surface area contributed by atoms with Crippen LogP contribution in [0.15, 0.2) is 35.5 Å². The molecule has 0 atom stereocenters. The SMILES string of the molecule is COc1cc(-c2cc3[nH]c(=O)[nH]c3cc2C(F)(F)F)cn2ncnc12. The molecule has 0 aliphatic carbocycles. The average Bonchev–Trinajstić information content (AvgIpc) is 3.16. The summed E-state index contributed by atoms with van der Waals surface area (Å²) in [5, 5.41) is 3.95. The number of fused-ring (bicyclic) bond motifs is 2. The Hall–Kier alpha value is -3.30. The molecule has 0 aliphatic heterocycles. The number of halogens is 3. The van der Waals surface area contributed by atoms with Gasteiger partial charge in [-0.25, -0.2) is 14.3 Å². The number of hydrogen-bond acceptors (Lipinski definition) is 4. The highest BCUT2D eigenvalue weighted by Gasteiger charge is 2.34. The summed E-state index contributed by atoms with van der Waals surface area (Å²) in [7, 11) is 1.39. The molecular formula is C15H10F3N5O2. The number of benzene rings is 1. The maximum Gasteiger partial charge on any atom is 0.417 e. The van der Waals surface area contributed by atoms with Crippen molar-refractivity contribution < 1.29 is 17.9 Å². The molecule has 4 aromatic rings. The van der Waals surface area contributed by atoms with Gasteiger partial charge in [0, 0.05) is 11.8 Å².